The van der Waals surface area contributed by atoms with E-state index >= 15 is 0 Å². The Bertz CT molecular complexity index is 1720. The average Bonchev–Trinajstić information content (AvgIpc) is 3.07. The second-order valence-electron chi connectivity index (χ2n) is 11.3. The Hall–Kier alpha value is -5.24. The van der Waals surface area contributed by atoms with E-state index in [0.29, 0.717) is 28.7 Å². The Kier molecular flexibility index (Phi) is 9.30. The Morgan fingerprint density at radius 1 is 0.644 bits per heavy atom. The summed E-state index contributed by atoms with van der Waals surface area (Å²) in [6, 6.07) is 30.8. The van der Waals surface area contributed by atoms with Gasteiger partial charge in [-0.15, -0.1) is 15.0 Å². The Morgan fingerprint density at radius 3 is 1.56 bits per heavy atom. The number of rotatable bonds is 11. The largest absolute Gasteiger partial charge is 0.424 e. The lowest BCUT2D eigenvalue weighted by Crippen LogP contribution is -2.10. The number of hydrogen-bond acceptors (Lipinski definition) is 7. The van der Waals surface area contributed by atoms with Gasteiger partial charge in [0, 0.05) is 5.56 Å². The van der Waals surface area contributed by atoms with Gasteiger partial charge in [-0.2, -0.15) is 0 Å². The lowest BCUT2D eigenvalue weighted by molar-refractivity contribution is 0.1000. The first-order valence-electron chi connectivity index (χ1n) is 15.5. The lowest BCUT2D eigenvalue weighted by atomic mass is 9.84. The predicted molar refractivity (Wildman–Crippen MR) is 173 cm³/mol. The Balaban J connectivity index is 1.22. The summed E-state index contributed by atoms with van der Waals surface area (Å²) in [4.78, 5) is 24.6. The van der Waals surface area contributed by atoms with Crippen LogP contribution in [0, 0.1) is 0 Å². The summed E-state index contributed by atoms with van der Waals surface area (Å²) in [5.41, 5.74) is 10.6. The minimum atomic E-state index is -0.526. The van der Waals surface area contributed by atoms with Crippen molar-refractivity contribution >= 4 is 5.91 Å². The third-order valence-corrected chi connectivity index (χ3v) is 7.98. The van der Waals surface area contributed by atoms with Crippen LogP contribution in [-0.4, -0.2) is 20.9 Å². The second kappa shape index (κ2) is 14.0. The maximum absolute atomic E-state index is 11.5. The van der Waals surface area contributed by atoms with E-state index in [1.54, 1.807) is 24.3 Å². The predicted octanol–water partition coefficient (Wildman–Crippen LogP) is 9.01. The number of primary amides is 1. The zero-order valence-electron chi connectivity index (χ0n) is 25.3. The van der Waals surface area contributed by atoms with Crippen molar-refractivity contribution in [2.24, 2.45) is 5.73 Å². The molecule has 0 radical (unpaired) electrons. The van der Waals surface area contributed by atoms with Gasteiger partial charge < -0.3 is 19.9 Å². The molecule has 228 valence electrons. The number of carbonyl (C=O) groups excluding carboxylic acids is 1. The van der Waals surface area contributed by atoms with Crippen molar-refractivity contribution in [2.75, 3.05) is 0 Å². The maximum Gasteiger partial charge on any atom is 0.331 e. The first kappa shape index (κ1) is 29.8. The van der Waals surface area contributed by atoms with Gasteiger partial charge in [0.25, 0.3) is 0 Å². The van der Waals surface area contributed by atoms with Crippen molar-refractivity contribution in [2.45, 2.75) is 57.8 Å². The van der Waals surface area contributed by atoms with Crippen molar-refractivity contribution in [3.63, 3.8) is 0 Å². The molecule has 0 bridgehead atoms. The molecule has 6 rings (SSSR count). The summed E-state index contributed by atoms with van der Waals surface area (Å²) in [6.07, 6.45) is 8.51. The minimum Gasteiger partial charge on any atom is -0.424 e. The van der Waals surface area contributed by atoms with Crippen LogP contribution in [-0.2, 0) is 6.42 Å². The second-order valence-corrected chi connectivity index (χ2v) is 11.3. The van der Waals surface area contributed by atoms with E-state index in [0.717, 1.165) is 24.0 Å². The van der Waals surface area contributed by atoms with Gasteiger partial charge in [0.1, 0.15) is 17.2 Å². The molecule has 8 heteroatoms. The van der Waals surface area contributed by atoms with E-state index in [4.69, 9.17) is 19.9 Å². The normalized spacial score (nSPS) is 13.3. The number of aromatic nitrogens is 3. The van der Waals surface area contributed by atoms with Crippen LogP contribution in [0.4, 0.5) is 0 Å². The SMILES string of the molecule is CCCc1ccc(-c2ccc(Oc3nc(Oc4ccc(C(N)=O)cc4)nc(Oc4ccc(C5CCCCC5)cc4)n3)cc2)cc1. The van der Waals surface area contributed by atoms with E-state index in [1.807, 2.05) is 36.4 Å². The van der Waals surface area contributed by atoms with Crippen LogP contribution < -0.4 is 19.9 Å². The van der Waals surface area contributed by atoms with Crippen molar-refractivity contribution in [3.05, 3.63) is 114 Å². The highest BCUT2D eigenvalue weighted by Gasteiger charge is 2.17. The molecule has 1 aliphatic carbocycles. The van der Waals surface area contributed by atoms with Crippen molar-refractivity contribution in [1.82, 2.24) is 15.0 Å². The number of hydrogen-bond donors (Lipinski definition) is 1. The number of amides is 1. The van der Waals surface area contributed by atoms with Crippen LogP contribution in [0.5, 0.6) is 35.3 Å². The highest BCUT2D eigenvalue weighted by atomic mass is 16.5. The molecule has 1 heterocycles. The summed E-state index contributed by atoms with van der Waals surface area (Å²) >= 11 is 0. The molecule has 1 amide bonds. The summed E-state index contributed by atoms with van der Waals surface area (Å²) in [5, 5.41) is 0. The van der Waals surface area contributed by atoms with Gasteiger partial charge in [0.2, 0.25) is 5.91 Å². The fourth-order valence-corrected chi connectivity index (χ4v) is 5.57. The molecule has 0 saturated heterocycles. The van der Waals surface area contributed by atoms with E-state index in [9.17, 15) is 4.79 Å². The van der Waals surface area contributed by atoms with Gasteiger partial charge in [-0.1, -0.05) is 81.1 Å². The fraction of sp³-hybridized carbons (Fsp3) is 0.243. The number of benzene rings is 4. The van der Waals surface area contributed by atoms with Gasteiger partial charge in [0.05, 0.1) is 0 Å². The van der Waals surface area contributed by atoms with Gasteiger partial charge >= 0.3 is 18.0 Å². The lowest BCUT2D eigenvalue weighted by Gasteiger charge is -2.22. The maximum atomic E-state index is 11.5. The molecule has 4 aromatic carbocycles. The molecule has 1 fully saturated rings. The molecule has 0 atom stereocenters. The zero-order valence-corrected chi connectivity index (χ0v) is 25.3. The number of carbonyl (C=O) groups is 1. The molecule has 5 aromatic rings. The van der Waals surface area contributed by atoms with Crippen LogP contribution >= 0.6 is 0 Å². The molecule has 1 aliphatic rings. The molecular weight excluding hydrogens is 564 g/mol. The van der Waals surface area contributed by atoms with Gasteiger partial charge in [-0.05, 0) is 96.0 Å². The van der Waals surface area contributed by atoms with E-state index in [1.165, 1.54) is 43.2 Å². The topological polar surface area (TPSA) is 109 Å². The Labute approximate surface area is 263 Å². The third kappa shape index (κ3) is 7.84. The number of nitrogens with zero attached hydrogens (tertiary/aromatic N) is 3. The molecule has 1 saturated carbocycles. The van der Waals surface area contributed by atoms with Gasteiger partial charge in [-0.25, -0.2) is 0 Å². The Morgan fingerprint density at radius 2 is 1.09 bits per heavy atom. The molecule has 1 aromatic heterocycles. The van der Waals surface area contributed by atoms with E-state index in [-0.39, 0.29) is 18.0 Å². The van der Waals surface area contributed by atoms with E-state index in [2.05, 4.69) is 58.3 Å². The third-order valence-electron chi connectivity index (χ3n) is 7.98. The summed E-state index contributed by atoms with van der Waals surface area (Å²) in [6.45, 7) is 2.18. The number of aryl methyl sites for hydroxylation is 1. The number of nitrogens with two attached hydrogens (primary N) is 1. The highest BCUT2D eigenvalue weighted by Crippen LogP contribution is 2.34. The van der Waals surface area contributed by atoms with Crippen molar-refractivity contribution in [3.8, 4) is 46.4 Å². The van der Waals surface area contributed by atoms with Crippen LogP contribution in [0.25, 0.3) is 11.1 Å². The molecule has 8 nitrogen and oxygen atoms in total. The summed E-state index contributed by atoms with van der Waals surface area (Å²) in [5.74, 6) is 1.62. The first-order chi connectivity index (χ1) is 22.0. The average molecular weight is 601 g/mol. The zero-order chi connectivity index (χ0) is 31.0. The van der Waals surface area contributed by atoms with Gasteiger partial charge in [-0.3, -0.25) is 4.79 Å². The fourth-order valence-electron chi connectivity index (χ4n) is 5.57. The minimum absolute atomic E-state index is 0.0132. The van der Waals surface area contributed by atoms with Gasteiger partial charge in [0.15, 0.2) is 0 Å². The highest BCUT2D eigenvalue weighted by molar-refractivity contribution is 5.92. The molecule has 0 unspecified atom stereocenters. The standard InChI is InChI=1S/C37H36N4O4/c1-2-6-25-9-11-27(12-10-25)29-15-21-32(22-16-29)44-36-39-35(40-37(41-36)45-33-23-17-30(18-24-33)34(38)42)43-31-19-13-28(14-20-31)26-7-4-3-5-8-26/h9-24,26H,2-8H2,1H3,(H2,38,42). The quantitative estimate of drug-likeness (QED) is 0.161. The first-order valence-corrected chi connectivity index (χ1v) is 15.5. The molecule has 2 N–H and O–H groups in total. The monoisotopic (exact) mass is 600 g/mol. The summed E-state index contributed by atoms with van der Waals surface area (Å²) in [7, 11) is 0. The molecule has 45 heavy (non-hydrogen) atoms. The molecule has 0 spiro atoms. The van der Waals surface area contributed by atoms with Crippen LogP contribution in [0.3, 0.4) is 0 Å². The summed E-state index contributed by atoms with van der Waals surface area (Å²) < 4.78 is 18.0. The van der Waals surface area contributed by atoms with Crippen LogP contribution in [0.1, 0.15) is 72.9 Å². The van der Waals surface area contributed by atoms with Crippen molar-refractivity contribution < 1.29 is 19.0 Å². The van der Waals surface area contributed by atoms with Crippen LogP contribution in [0.2, 0.25) is 0 Å². The van der Waals surface area contributed by atoms with Crippen LogP contribution in [0.15, 0.2) is 97.1 Å². The molecular formula is C37H36N4O4. The van der Waals surface area contributed by atoms with E-state index < -0.39 is 5.91 Å². The van der Waals surface area contributed by atoms with Crippen molar-refractivity contribution in [1.29, 1.82) is 0 Å². The number of ether oxygens (including phenoxy) is 3. The smallest absolute Gasteiger partial charge is 0.331 e. The molecule has 0 aliphatic heterocycles.